The third kappa shape index (κ3) is 4.65. The van der Waals surface area contributed by atoms with Crippen molar-refractivity contribution in [1.29, 1.82) is 5.26 Å². The van der Waals surface area contributed by atoms with Crippen LogP contribution in [0.5, 0.6) is 0 Å². The molecule has 0 atom stereocenters. The molecule has 0 aromatic heterocycles. The average Bonchev–Trinajstić information content (AvgIpc) is 2.61. The summed E-state index contributed by atoms with van der Waals surface area (Å²) < 4.78 is 18.9. The topological polar surface area (TPSA) is 33.0 Å². The first kappa shape index (κ1) is 17.7. The molecule has 124 valence electrons. The van der Waals surface area contributed by atoms with Crippen molar-refractivity contribution in [2.45, 2.75) is 63.4 Å². The van der Waals surface area contributed by atoms with E-state index in [9.17, 15) is 4.39 Å². The number of nitrogens with zero attached hydrogens (tertiary/aromatic N) is 1. The number of unbranched alkanes of at least 4 members (excludes halogenated alkanes) is 1. The van der Waals surface area contributed by atoms with Gasteiger partial charge in [-0.2, -0.15) is 9.65 Å². The van der Waals surface area contributed by atoms with Crippen molar-refractivity contribution in [3.63, 3.8) is 0 Å². The van der Waals surface area contributed by atoms with Gasteiger partial charge < -0.3 is 4.74 Å². The molecule has 0 spiro atoms. The highest BCUT2D eigenvalue weighted by atomic mass is 19.1. The van der Waals surface area contributed by atoms with Gasteiger partial charge in [-0.3, -0.25) is 0 Å². The van der Waals surface area contributed by atoms with E-state index in [0.29, 0.717) is 5.92 Å². The molecule has 23 heavy (non-hydrogen) atoms. The fourth-order valence-corrected chi connectivity index (χ4v) is 3.45. The molecule has 1 aromatic carbocycles. The first-order valence-corrected chi connectivity index (χ1v) is 8.55. The van der Waals surface area contributed by atoms with Crippen LogP contribution in [0.25, 0.3) is 0 Å². The molecule has 1 aliphatic carbocycles. The molecule has 0 radical (unpaired) electrons. The van der Waals surface area contributed by atoms with Crippen LogP contribution < -0.4 is 0 Å². The van der Waals surface area contributed by atoms with Gasteiger partial charge in [0.05, 0.1) is 5.60 Å². The van der Waals surface area contributed by atoms with Crippen molar-refractivity contribution in [2.75, 3.05) is 7.11 Å². The maximum absolute atomic E-state index is 13.3. The zero-order chi connectivity index (χ0) is 16.7. The van der Waals surface area contributed by atoms with Gasteiger partial charge in [0.2, 0.25) is 0 Å². The third-order valence-electron chi connectivity index (χ3n) is 5.01. The van der Waals surface area contributed by atoms with Gasteiger partial charge >= 0.3 is 0 Å². The molecule has 1 aliphatic rings. The quantitative estimate of drug-likeness (QED) is 0.654. The Balaban J connectivity index is 1.99. The lowest BCUT2D eigenvalue weighted by atomic mass is 9.75. The van der Waals surface area contributed by atoms with Crippen molar-refractivity contribution >= 4 is 0 Å². The number of ether oxygens (including phenoxy) is 1. The second kappa shape index (κ2) is 8.26. The summed E-state index contributed by atoms with van der Waals surface area (Å²) in [4.78, 5) is 0. The molecule has 1 saturated carbocycles. The van der Waals surface area contributed by atoms with Crippen LogP contribution in [0, 0.1) is 11.3 Å². The maximum Gasteiger partial charge on any atom is 0.198 e. The maximum atomic E-state index is 13.3. The molecule has 0 heterocycles. The van der Waals surface area contributed by atoms with E-state index in [1.54, 1.807) is 13.2 Å². The van der Waals surface area contributed by atoms with Crippen molar-refractivity contribution in [3.05, 3.63) is 47.3 Å². The van der Waals surface area contributed by atoms with E-state index in [0.717, 1.165) is 32.1 Å². The second-order valence-electron chi connectivity index (χ2n) is 6.49. The normalized spacial score (nSPS) is 25.1. The third-order valence-corrected chi connectivity index (χ3v) is 5.01. The fraction of sp³-hybridized carbons (Fsp3) is 0.550. The highest BCUT2D eigenvalue weighted by Crippen LogP contribution is 2.41. The minimum absolute atomic E-state index is 0.497. The number of rotatable bonds is 6. The predicted octanol–water partition coefficient (Wildman–Crippen LogP) is 5.45. The standard InChI is InChI=1S/C20H26FNO/c1-3-4-5-16-6-8-17(9-7-16)18-10-12-20(23-2,13-11-18)14-19(21)15-22/h6-9,14,18H,3-5,10-13H2,1-2H3. The Labute approximate surface area is 139 Å². The van der Waals surface area contributed by atoms with Crippen LogP contribution in [0.4, 0.5) is 4.39 Å². The van der Waals surface area contributed by atoms with Crippen LogP contribution in [-0.4, -0.2) is 12.7 Å². The fourth-order valence-electron chi connectivity index (χ4n) is 3.45. The number of nitriles is 1. The van der Waals surface area contributed by atoms with E-state index in [4.69, 9.17) is 10.00 Å². The summed E-state index contributed by atoms with van der Waals surface area (Å²) in [6.07, 6.45) is 8.37. The summed E-state index contributed by atoms with van der Waals surface area (Å²) in [5.74, 6) is -0.248. The molecule has 0 aliphatic heterocycles. The first-order chi connectivity index (χ1) is 11.1. The molecule has 1 fully saturated rings. The number of benzene rings is 1. The lowest BCUT2D eigenvalue weighted by Gasteiger charge is -2.37. The summed E-state index contributed by atoms with van der Waals surface area (Å²) >= 11 is 0. The van der Waals surface area contributed by atoms with Crippen LogP contribution in [0.1, 0.15) is 62.5 Å². The Hall–Kier alpha value is -1.66. The molecule has 0 N–H and O–H groups in total. The van der Waals surface area contributed by atoms with Gasteiger partial charge in [-0.1, -0.05) is 37.6 Å². The van der Waals surface area contributed by atoms with Crippen LogP contribution in [0.15, 0.2) is 36.2 Å². The van der Waals surface area contributed by atoms with E-state index in [1.807, 2.05) is 0 Å². The monoisotopic (exact) mass is 315 g/mol. The van der Waals surface area contributed by atoms with E-state index in [1.165, 1.54) is 30.0 Å². The van der Waals surface area contributed by atoms with Gasteiger partial charge in [0.25, 0.3) is 0 Å². The zero-order valence-corrected chi connectivity index (χ0v) is 14.1. The van der Waals surface area contributed by atoms with Gasteiger partial charge in [-0.05, 0) is 61.6 Å². The molecule has 0 bridgehead atoms. The number of halogens is 1. The van der Waals surface area contributed by atoms with Gasteiger partial charge in [0.15, 0.2) is 5.83 Å². The number of hydrogen-bond donors (Lipinski definition) is 0. The van der Waals surface area contributed by atoms with E-state index in [2.05, 4.69) is 31.2 Å². The summed E-state index contributed by atoms with van der Waals surface area (Å²) in [5.41, 5.74) is 2.15. The van der Waals surface area contributed by atoms with E-state index < -0.39 is 11.4 Å². The predicted molar refractivity (Wildman–Crippen MR) is 90.8 cm³/mol. The van der Waals surface area contributed by atoms with E-state index in [-0.39, 0.29) is 0 Å². The van der Waals surface area contributed by atoms with E-state index >= 15 is 0 Å². The Bertz CT molecular complexity index is 562. The zero-order valence-electron chi connectivity index (χ0n) is 14.1. The highest BCUT2D eigenvalue weighted by Gasteiger charge is 2.34. The van der Waals surface area contributed by atoms with Crippen molar-refractivity contribution < 1.29 is 9.13 Å². The first-order valence-electron chi connectivity index (χ1n) is 8.55. The van der Waals surface area contributed by atoms with Crippen LogP contribution in [-0.2, 0) is 11.2 Å². The molecule has 2 rings (SSSR count). The average molecular weight is 315 g/mol. The molecular weight excluding hydrogens is 289 g/mol. The molecule has 0 unspecified atom stereocenters. The molecule has 3 heteroatoms. The molecular formula is C20H26FNO. The summed E-state index contributed by atoms with van der Waals surface area (Å²) in [6, 6.07) is 10.5. The number of aryl methyl sites for hydroxylation is 1. The van der Waals surface area contributed by atoms with Gasteiger partial charge in [-0.15, -0.1) is 0 Å². The Morgan fingerprint density at radius 1 is 1.35 bits per heavy atom. The molecule has 2 nitrogen and oxygen atoms in total. The van der Waals surface area contributed by atoms with Gasteiger partial charge in [0.1, 0.15) is 6.07 Å². The lowest BCUT2D eigenvalue weighted by molar-refractivity contribution is -0.00344. The van der Waals surface area contributed by atoms with Crippen molar-refractivity contribution in [1.82, 2.24) is 0 Å². The van der Waals surface area contributed by atoms with Crippen molar-refractivity contribution in [3.8, 4) is 6.07 Å². The van der Waals surface area contributed by atoms with Crippen LogP contribution >= 0.6 is 0 Å². The molecule has 0 amide bonds. The summed E-state index contributed by atoms with van der Waals surface area (Å²) in [6.45, 7) is 2.21. The number of hydrogen-bond acceptors (Lipinski definition) is 2. The molecule has 0 saturated heterocycles. The smallest absolute Gasteiger partial charge is 0.198 e. The SMILES string of the molecule is CCCCc1ccc(C2CCC(C=C(F)C#N)(OC)CC2)cc1. The summed E-state index contributed by atoms with van der Waals surface area (Å²) in [5, 5.41) is 8.64. The second-order valence-corrected chi connectivity index (χ2v) is 6.49. The minimum atomic E-state index is -0.745. The largest absolute Gasteiger partial charge is 0.374 e. The van der Waals surface area contributed by atoms with Gasteiger partial charge in [0, 0.05) is 7.11 Å². The minimum Gasteiger partial charge on any atom is -0.374 e. The summed E-state index contributed by atoms with van der Waals surface area (Å²) in [7, 11) is 1.60. The van der Waals surface area contributed by atoms with Gasteiger partial charge in [-0.25, -0.2) is 0 Å². The number of allylic oxidation sites excluding steroid dienone is 1. The Morgan fingerprint density at radius 2 is 2.00 bits per heavy atom. The highest BCUT2D eigenvalue weighted by molar-refractivity contribution is 5.27. The van der Waals surface area contributed by atoms with Crippen LogP contribution in [0.2, 0.25) is 0 Å². The van der Waals surface area contributed by atoms with Crippen molar-refractivity contribution in [2.24, 2.45) is 0 Å². The van der Waals surface area contributed by atoms with Crippen LogP contribution in [0.3, 0.4) is 0 Å². The Kier molecular flexibility index (Phi) is 6.36. The number of methoxy groups -OCH3 is 1. The lowest BCUT2D eigenvalue weighted by Crippen LogP contribution is -2.34. The molecule has 1 aromatic rings. The Morgan fingerprint density at radius 3 is 2.52 bits per heavy atom.